The first-order valence-corrected chi connectivity index (χ1v) is 7.88. The van der Waals surface area contributed by atoms with Gasteiger partial charge in [-0.05, 0) is 36.9 Å². The van der Waals surface area contributed by atoms with E-state index in [4.69, 9.17) is 0 Å². The van der Waals surface area contributed by atoms with Crippen molar-refractivity contribution in [2.45, 2.75) is 33.6 Å². The van der Waals surface area contributed by atoms with Crippen molar-refractivity contribution in [2.24, 2.45) is 0 Å². The van der Waals surface area contributed by atoms with Gasteiger partial charge in [0.15, 0.2) is 0 Å². The number of nitrogens with one attached hydrogen (secondary N) is 1. The van der Waals surface area contributed by atoms with Gasteiger partial charge in [0.05, 0.1) is 11.3 Å². The van der Waals surface area contributed by atoms with Crippen LogP contribution >= 0.6 is 22.9 Å². The molecule has 2 aromatic rings. The summed E-state index contributed by atoms with van der Waals surface area (Å²) in [4.78, 5) is 25.0. The van der Waals surface area contributed by atoms with Crippen molar-refractivity contribution in [3.05, 3.63) is 26.6 Å². The lowest BCUT2D eigenvalue weighted by Crippen LogP contribution is -2.14. The molecule has 0 aromatic carbocycles. The Bertz CT molecular complexity index is 704. The Morgan fingerprint density at radius 1 is 1.29 bits per heavy atom. The fourth-order valence-corrected chi connectivity index (χ4v) is 3.63. The molecular weight excluding hydrogens is 310 g/mol. The number of carboxylic acid groups (broad SMARTS) is 1. The standard InChI is InChI=1S/C13H15N3O3S2/c1-5(2)9-10(21-16-15-9)11(17)14-12-8(13(18)19)6(3)7(4)20-12/h5H,1-4H3,(H,14,17)(H,18,19). The summed E-state index contributed by atoms with van der Waals surface area (Å²) >= 11 is 2.27. The number of aromatic carboxylic acids is 1. The highest BCUT2D eigenvalue weighted by Gasteiger charge is 2.24. The van der Waals surface area contributed by atoms with Gasteiger partial charge >= 0.3 is 5.97 Å². The Morgan fingerprint density at radius 3 is 2.52 bits per heavy atom. The fourth-order valence-electron chi connectivity index (χ4n) is 1.87. The Hall–Kier alpha value is -1.80. The molecule has 0 saturated heterocycles. The number of anilines is 1. The van der Waals surface area contributed by atoms with Gasteiger partial charge in [0.1, 0.15) is 9.88 Å². The second-order valence-electron chi connectivity index (χ2n) is 4.89. The number of rotatable bonds is 4. The molecule has 0 aliphatic rings. The third kappa shape index (κ3) is 2.96. The van der Waals surface area contributed by atoms with E-state index in [9.17, 15) is 14.7 Å². The largest absolute Gasteiger partial charge is 0.478 e. The Morgan fingerprint density at radius 2 is 1.95 bits per heavy atom. The molecule has 2 heterocycles. The van der Waals surface area contributed by atoms with E-state index in [1.165, 1.54) is 11.3 Å². The van der Waals surface area contributed by atoms with Crippen LogP contribution in [0, 0.1) is 13.8 Å². The zero-order valence-corrected chi connectivity index (χ0v) is 13.7. The van der Waals surface area contributed by atoms with Crippen LogP contribution in [0.1, 0.15) is 55.9 Å². The fraction of sp³-hybridized carbons (Fsp3) is 0.385. The molecule has 0 unspecified atom stereocenters. The minimum atomic E-state index is -1.04. The molecule has 2 aromatic heterocycles. The first-order chi connectivity index (χ1) is 9.82. The van der Waals surface area contributed by atoms with Crippen LogP contribution < -0.4 is 5.32 Å². The average Bonchev–Trinajstić information content (AvgIpc) is 2.95. The average molecular weight is 325 g/mol. The molecule has 2 rings (SSSR count). The topological polar surface area (TPSA) is 92.2 Å². The summed E-state index contributed by atoms with van der Waals surface area (Å²) in [5.41, 5.74) is 1.45. The molecule has 0 saturated carbocycles. The molecule has 1 amide bonds. The van der Waals surface area contributed by atoms with Gasteiger partial charge in [-0.25, -0.2) is 4.79 Å². The van der Waals surface area contributed by atoms with E-state index >= 15 is 0 Å². The van der Waals surface area contributed by atoms with Crippen molar-refractivity contribution < 1.29 is 14.7 Å². The highest BCUT2D eigenvalue weighted by molar-refractivity contribution is 7.17. The third-order valence-corrected chi connectivity index (χ3v) is 4.96. The molecule has 0 aliphatic carbocycles. The lowest BCUT2D eigenvalue weighted by Gasteiger charge is -2.05. The number of aryl methyl sites for hydroxylation is 1. The highest BCUT2D eigenvalue weighted by atomic mass is 32.1. The Labute approximate surface area is 130 Å². The monoisotopic (exact) mass is 325 g/mol. The minimum absolute atomic E-state index is 0.0789. The van der Waals surface area contributed by atoms with Crippen molar-refractivity contribution in [2.75, 3.05) is 5.32 Å². The number of thiophene rings is 1. The summed E-state index contributed by atoms with van der Waals surface area (Å²) < 4.78 is 3.80. The second-order valence-corrected chi connectivity index (χ2v) is 6.87. The van der Waals surface area contributed by atoms with Crippen LogP contribution in [-0.4, -0.2) is 26.6 Å². The molecule has 0 radical (unpaired) electrons. The maximum absolute atomic E-state index is 12.3. The molecule has 6 nitrogen and oxygen atoms in total. The number of carbonyl (C=O) groups is 2. The molecule has 8 heteroatoms. The van der Waals surface area contributed by atoms with Gasteiger partial charge in [-0.15, -0.1) is 16.4 Å². The lowest BCUT2D eigenvalue weighted by atomic mass is 10.1. The first kappa shape index (κ1) is 15.6. The van der Waals surface area contributed by atoms with Crippen LogP contribution in [0.4, 0.5) is 5.00 Å². The van der Waals surface area contributed by atoms with Gasteiger partial charge in [-0.3, -0.25) is 4.79 Å². The number of nitrogens with zero attached hydrogens (tertiary/aromatic N) is 2. The summed E-state index contributed by atoms with van der Waals surface area (Å²) in [5.74, 6) is -1.33. The van der Waals surface area contributed by atoms with Crippen molar-refractivity contribution in [1.29, 1.82) is 0 Å². The molecular formula is C13H15N3O3S2. The van der Waals surface area contributed by atoms with E-state index < -0.39 is 5.97 Å². The number of aromatic nitrogens is 2. The van der Waals surface area contributed by atoms with Gasteiger partial charge < -0.3 is 10.4 Å². The lowest BCUT2D eigenvalue weighted by molar-refractivity contribution is 0.0697. The predicted molar refractivity (Wildman–Crippen MR) is 82.7 cm³/mol. The highest BCUT2D eigenvalue weighted by Crippen LogP contribution is 2.33. The van der Waals surface area contributed by atoms with Crippen molar-refractivity contribution >= 4 is 39.7 Å². The number of carbonyl (C=O) groups excluding carboxylic acids is 1. The van der Waals surface area contributed by atoms with Crippen LogP contribution in [0.5, 0.6) is 0 Å². The third-order valence-electron chi connectivity index (χ3n) is 3.09. The van der Waals surface area contributed by atoms with E-state index in [1.54, 1.807) is 6.92 Å². The van der Waals surface area contributed by atoms with E-state index in [0.717, 1.165) is 16.4 Å². The SMILES string of the molecule is Cc1sc(NC(=O)c2snnc2C(C)C)c(C(=O)O)c1C. The number of carboxylic acids is 1. The number of hydrogen-bond acceptors (Lipinski definition) is 6. The summed E-state index contributed by atoms with van der Waals surface area (Å²) in [6.45, 7) is 7.42. The van der Waals surface area contributed by atoms with Crippen LogP contribution in [0.15, 0.2) is 0 Å². The molecule has 2 N–H and O–H groups in total. The smallest absolute Gasteiger partial charge is 0.338 e. The van der Waals surface area contributed by atoms with Gasteiger partial charge in [0.2, 0.25) is 0 Å². The molecule has 0 aliphatic heterocycles. The van der Waals surface area contributed by atoms with Gasteiger partial charge in [-0.2, -0.15) is 0 Å². The van der Waals surface area contributed by atoms with Crippen molar-refractivity contribution in [3.8, 4) is 0 Å². The van der Waals surface area contributed by atoms with E-state index in [0.29, 0.717) is 21.1 Å². The minimum Gasteiger partial charge on any atom is -0.478 e. The maximum atomic E-state index is 12.3. The quantitative estimate of drug-likeness (QED) is 0.900. The molecule has 0 atom stereocenters. The second kappa shape index (κ2) is 5.90. The van der Waals surface area contributed by atoms with Crippen LogP contribution in [0.25, 0.3) is 0 Å². The first-order valence-electron chi connectivity index (χ1n) is 6.29. The summed E-state index contributed by atoms with van der Waals surface area (Å²) in [7, 11) is 0. The zero-order valence-electron chi connectivity index (χ0n) is 12.1. The van der Waals surface area contributed by atoms with E-state index in [2.05, 4.69) is 14.9 Å². The van der Waals surface area contributed by atoms with Crippen LogP contribution in [0.2, 0.25) is 0 Å². The molecule has 0 fully saturated rings. The van der Waals surface area contributed by atoms with E-state index in [1.807, 2.05) is 20.8 Å². The number of hydrogen-bond donors (Lipinski definition) is 2. The molecule has 0 spiro atoms. The van der Waals surface area contributed by atoms with Crippen molar-refractivity contribution in [3.63, 3.8) is 0 Å². The predicted octanol–water partition coefficient (Wildman–Crippen LogP) is 3.29. The molecule has 21 heavy (non-hydrogen) atoms. The normalized spacial score (nSPS) is 10.9. The summed E-state index contributed by atoms with van der Waals surface area (Å²) in [6.07, 6.45) is 0. The summed E-state index contributed by atoms with van der Waals surface area (Å²) in [6, 6.07) is 0. The zero-order chi connectivity index (χ0) is 15.7. The van der Waals surface area contributed by atoms with Crippen molar-refractivity contribution in [1.82, 2.24) is 9.59 Å². The van der Waals surface area contributed by atoms with Gasteiger partial charge in [-0.1, -0.05) is 18.3 Å². The summed E-state index contributed by atoms with van der Waals surface area (Å²) in [5, 5.41) is 16.3. The maximum Gasteiger partial charge on any atom is 0.338 e. The van der Waals surface area contributed by atoms with Gasteiger partial charge in [0, 0.05) is 4.88 Å². The van der Waals surface area contributed by atoms with E-state index in [-0.39, 0.29) is 17.4 Å². The van der Waals surface area contributed by atoms with Crippen LogP contribution in [0.3, 0.4) is 0 Å². The van der Waals surface area contributed by atoms with Gasteiger partial charge in [0.25, 0.3) is 5.91 Å². The molecule has 0 bridgehead atoms. The Balaban J connectivity index is 2.34. The Kier molecular flexibility index (Phi) is 4.38. The molecule has 112 valence electrons. The number of amides is 1. The van der Waals surface area contributed by atoms with Crippen LogP contribution in [-0.2, 0) is 0 Å².